The molecule has 1 fully saturated rings. The standard InChI is InChI=1S/C15H20BNO6/c1-14(2)15(3,4)23-16(22-14)11-7-6-10(8-13(18)21-5)12(9-11)17(19)20/h6-7,9H,8H2,1-5H3. The highest BCUT2D eigenvalue weighted by atomic mass is 16.7. The summed E-state index contributed by atoms with van der Waals surface area (Å²) < 4.78 is 16.3. The second-order valence-corrected chi connectivity index (χ2v) is 6.49. The van der Waals surface area contributed by atoms with Crippen LogP contribution in [0.25, 0.3) is 0 Å². The van der Waals surface area contributed by atoms with Gasteiger partial charge in [0, 0.05) is 11.6 Å². The fourth-order valence-corrected chi connectivity index (χ4v) is 2.25. The number of methoxy groups -OCH3 is 1. The Hall–Kier alpha value is -1.93. The first kappa shape index (κ1) is 17.4. The van der Waals surface area contributed by atoms with Crippen LogP contribution < -0.4 is 5.46 Å². The third kappa shape index (κ3) is 3.38. The van der Waals surface area contributed by atoms with Crippen LogP contribution in [-0.2, 0) is 25.3 Å². The van der Waals surface area contributed by atoms with E-state index in [1.807, 2.05) is 27.7 Å². The van der Waals surface area contributed by atoms with E-state index in [1.165, 1.54) is 19.2 Å². The minimum atomic E-state index is -0.689. The molecule has 8 heteroatoms. The van der Waals surface area contributed by atoms with Crippen molar-refractivity contribution < 1.29 is 23.8 Å². The largest absolute Gasteiger partial charge is 0.495 e. The van der Waals surface area contributed by atoms with Gasteiger partial charge in [-0.3, -0.25) is 14.9 Å². The molecule has 1 aliphatic rings. The van der Waals surface area contributed by atoms with Crippen LogP contribution >= 0.6 is 0 Å². The van der Waals surface area contributed by atoms with Gasteiger partial charge in [0.05, 0.1) is 29.7 Å². The van der Waals surface area contributed by atoms with Crippen molar-refractivity contribution in [3.63, 3.8) is 0 Å². The van der Waals surface area contributed by atoms with Gasteiger partial charge in [-0.25, -0.2) is 0 Å². The van der Waals surface area contributed by atoms with Gasteiger partial charge in [-0.15, -0.1) is 0 Å². The quantitative estimate of drug-likeness (QED) is 0.362. The lowest BCUT2D eigenvalue weighted by Crippen LogP contribution is -2.41. The van der Waals surface area contributed by atoms with Crippen molar-refractivity contribution >= 4 is 24.2 Å². The van der Waals surface area contributed by atoms with Crippen LogP contribution in [0.3, 0.4) is 0 Å². The molecule has 0 unspecified atom stereocenters. The molecule has 0 radical (unpaired) electrons. The van der Waals surface area contributed by atoms with Gasteiger partial charge in [-0.2, -0.15) is 0 Å². The number of nitro groups is 1. The van der Waals surface area contributed by atoms with Crippen molar-refractivity contribution in [2.24, 2.45) is 0 Å². The highest BCUT2D eigenvalue weighted by Crippen LogP contribution is 2.36. The Balaban J connectivity index is 2.34. The minimum Gasteiger partial charge on any atom is -0.469 e. The smallest absolute Gasteiger partial charge is 0.469 e. The van der Waals surface area contributed by atoms with Crippen LogP contribution in [0.1, 0.15) is 33.3 Å². The summed E-state index contributed by atoms with van der Waals surface area (Å²) in [4.78, 5) is 22.1. The second kappa shape index (κ2) is 5.94. The van der Waals surface area contributed by atoms with E-state index in [9.17, 15) is 14.9 Å². The van der Waals surface area contributed by atoms with Crippen LogP contribution in [0, 0.1) is 10.1 Å². The van der Waals surface area contributed by atoms with Crippen molar-refractivity contribution in [2.75, 3.05) is 7.11 Å². The maximum absolute atomic E-state index is 11.4. The Morgan fingerprint density at radius 3 is 2.30 bits per heavy atom. The molecule has 0 aromatic heterocycles. The van der Waals surface area contributed by atoms with Crippen molar-refractivity contribution in [1.82, 2.24) is 0 Å². The summed E-state index contributed by atoms with van der Waals surface area (Å²) in [6.45, 7) is 7.64. The van der Waals surface area contributed by atoms with Gasteiger partial charge in [0.1, 0.15) is 0 Å². The lowest BCUT2D eigenvalue weighted by atomic mass is 9.78. The Kier molecular flexibility index (Phi) is 4.50. The topological polar surface area (TPSA) is 87.9 Å². The molecule has 1 saturated heterocycles. The average molecular weight is 321 g/mol. The molecule has 23 heavy (non-hydrogen) atoms. The molecular weight excluding hydrogens is 301 g/mol. The molecule has 124 valence electrons. The number of carbonyl (C=O) groups excluding carboxylic acids is 1. The summed E-state index contributed by atoms with van der Waals surface area (Å²) in [5, 5.41) is 11.3. The minimum absolute atomic E-state index is 0.150. The van der Waals surface area contributed by atoms with E-state index < -0.39 is 29.2 Å². The SMILES string of the molecule is COC(=O)Cc1ccc(B2OC(C)(C)C(C)(C)O2)cc1[N+](=O)[O-]. The summed E-state index contributed by atoms with van der Waals surface area (Å²) in [5.74, 6) is -0.531. The third-order valence-electron chi connectivity index (χ3n) is 4.39. The fourth-order valence-electron chi connectivity index (χ4n) is 2.25. The number of esters is 1. The van der Waals surface area contributed by atoms with Crippen LogP contribution in [-0.4, -0.2) is 36.3 Å². The van der Waals surface area contributed by atoms with Crippen molar-refractivity contribution in [2.45, 2.75) is 45.3 Å². The zero-order valence-corrected chi connectivity index (χ0v) is 13.9. The summed E-state index contributed by atoms with van der Waals surface area (Å²) >= 11 is 0. The van der Waals surface area contributed by atoms with Gasteiger partial charge in [0.25, 0.3) is 5.69 Å². The lowest BCUT2D eigenvalue weighted by Gasteiger charge is -2.32. The number of nitrogens with zero attached hydrogens (tertiary/aromatic N) is 1. The third-order valence-corrected chi connectivity index (χ3v) is 4.39. The molecular formula is C15H20BNO6. The van der Waals surface area contributed by atoms with E-state index in [-0.39, 0.29) is 12.1 Å². The van der Waals surface area contributed by atoms with E-state index >= 15 is 0 Å². The van der Waals surface area contributed by atoms with E-state index in [2.05, 4.69) is 4.74 Å². The average Bonchev–Trinajstić information content (AvgIpc) is 2.67. The maximum Gasteiger partial charge on any atom is 0.495 e. The first-order valence-corrected chi connectivity index (χ1v) is 7.27. The van der Waals surface area contributed by atoms with Gasteiger partial charge in [0.2, 0.25) is 0 Å². The Labute approximate surface area is 135 Å². The maximum atomic E-state index is 11.4. The second-order valence-electron chi connectivity index (χ2n) is 6.49. The highest BCUT2D eigenvalue weighted by molar-refractivity contribution is 6.62. The van der Waals surface area contributed by atoms with Gasteiger partial charge >= 0.3 is 13.1 Å². The first-order chi connectivity index (χ1) is 10.6. The molecule has 1 aromatic rings. The molecule has 1 heterocycles. The number of benzene rings is 1. The molecule has 2 rings (SSSR count). The molecule has 0 amide bonds. The summed E-state index contributed by atoms with van der Waals surface area (Å²) in [6, 6.07) is 4.60. The molecule has 0 bridgehead atoms. The molecule has 7 nitrogen and oxygen atoms in total. The number of carbonyl (C=O) groups is 1. The van der Waals surface area contributed by atoms with Gasteiger partial charge in [-0.1, -0.05) is 12.1 Å². The van der Waals surface area contributed by atoms with Gasteiger partial charge in [-0.05, 0) is 33.2 Å². The van der Waals surface area contributed by atoms with E-state index in [4.69, 9.17) is 9.31 Å². The molecule has 1 aliphatic heterocycles. The zero-order valence-electron chi connectivity index (χ0n) is 13.9. The molecule has 1 aromatic carbocycles. The highest BCUT2D eigenvalue weighted by Gasteiger charge is 2.52. The van der Waals surface area contributed by atoms with Crippen molar-refractivity contribution in [3.05, 3.63) is 33.9 Å². The number of hydrogen-bond donors (Lipinski definition) is 0. The molecule has 0 spiro atoms. The first-order valence-electron chi connectivity index (χ1n) is 7.27. The number of rotatable bonds is 4. The zero-order chi connectivity index (χ0) is 17.4. The predicted molar refractivity (Wildman–Crippen MR) is 84.5 cm³/mol. The molecule has 0 aliphatic carbocycles. The lowest BCUT2D eigenvalue weighted by molar-refractivity contribution is -0.385. The van der Waals surface area contributed by atoms with Crippen LogP contribution in [0.2, 0.25) is 0 Å². The fraction of sp³-hybridized carbons (Fsp3) is 0.533. The molecule has 0 atom stereocenters. The summed E-state index contributed by atoms with van der Waals surface area (Å²) in [7, 11) is 0.554. The van der Waals surface area contributed by atoms with Crippen molar-refractivity contribution in [3.8, 4) is 0 Å². The Bertz CT molecular complexity index is 627. The van der Waals surface area contributed by atoms with E-state index in [0.717, 1.165) is 0 Å². The Morgan fingerprint density at radius 1 is 1.26 bits per heavy atom. The van der Waals surface area contributed by atoms with Crippen LogP contribution in [0.15, 0.2) is 18.2 Å². The van der Waals surface area contributed by atoms with Crippen molar-refractivity contribution in [1.29, 1.82) is 0 Å². The number of hydrogen-bond acceptors (Lipinski definition) is 6. The normalized spacial score (nSPS) is 18.7. The number of nitro benzene ring substituents is 1. The van der Waals surface area contributed by atoms with Crippen LogP contribution in [0.4, 0.5) is 5.69 Å². The van der Waals surface area contributed by atoms with Crippen LogP contribution in [0.5, 0.6) is 0 Å². The molecule has 0 N–H and O–H groups in total. The molecule has 0 saturated carbocycles. The van der Waals surface area contributed by atoms with Gasteiger partial charge in [0.15, 0.2) is 0 Å². The van der Waals surface area contributed by atoms with E-state index in [0.29, 0.717) is 11.0 Å². The monoisotopic (exact) mass is 321 g/mol. The number of ether oxygens (including phenoxy) is 1. The van der Waals surface area contributed by atoms with E-state index in [1.54, 1.807) is 6.07 Å². The predicted octanol–water partition coefficient (Wildman–Crippen LogP) is 1.61. The summed E-state index contributed by atoms with van der Waals surface area (Å²) in [5.41, 5.74) is -0.373. The van der Waals surface area contributed by atoms with Gasteiger partial charge < -0.3 is 14.0 Å². The summed E-state index contributed by atoms with van der Waals surface area (Å²) in [6.07, 6.45) is -0.156. The Morgan fingerprint density at radius 2 is 1.83 bits per heavy atom.